The molecule has 1 aromatic carbocycles. The second-order valence-corrected chi connectivity index (χ2v) is 5.50. The number of oxime groups is 1. The first-order chi connectivity index (χ1) is 10.2. The summed E-state index contributed by atoms with van der Waals surface area (Å²) >= 11 is 11.8. The number of hydrogen-bond acceptors (Lipinski definition) is 3. The minimum Gasteiger partial charge on any atom is -0.411 e. The van der Waals surface area contributed by atoms with E-state index in [4.69, 9.17) is 28.4 Å². The van der Waals surface area contributed by atoms with Crippen LogP contribution in [-0.2, 0) is 13.0 Å². The normalized spacial score (nSPS) is 13.1. The molecule has 0 aliphatic rings. The Morgan fingerprint density at radius 3 is 2.50 bits per heavy atom. The van der Waals surface area contributed by atoms with Crippen LogP contribution >= 0.6 is 23.2 Å². The monoisotopic (exact) mass is 353 g/mol. The molecule has 22 heavy (non-hydrogen) atoms. The molecule has 0 unspecified atom stereocenters. The molecule has 1 N–H and O–H groups in total. The summed E-state index contributed by atoms with van der Waals surface area (Å²) in [6, 6.07) is 2.87. The predicted octanol–water partition coefficient (Wildman–Crippen LogP) is 4.69. The summed E-state index contributed by atoms with van der Waals surface area (Å²) in [5, 5.41) is 12.4. The highest BCUT2D eigenvalue weighted by molar-refractivity contribution is 6.42. The van der Waals surface area contributed by atoms with Gasteiger partial charge in [-0.3, -0.25) is 0 Å². The van der Waals surface area contributed by atoms with E-state index < -0.39 is 12.6 Å². The SMILES string of the molecule is CC/C(Cn1c(CC(F)(F)F)nc2cc(Cl)c(Cl)cc21)=N/O. The zero-order valence-electron chi connectivity index (χ0n) is 11.5. The van der Waals surface area contributed by atoms with Gasteiger partial charge in [0.25, 0.3) is 0 Å². The molecule has 0 fully saturated rings. The lowest BCUT2D eigenvalue weighted by Crippen LogP contribution is -2.19. The maximum Gasteiger partial charge on any atom is 0.396 e. The molecule has 120 valence electrons. The zero-order chi connectivity index (χ0) is 16.5. The highest BCUT2D eigenvalue weighted by atomic mass is 35.5. The molecule has 0 spiro atoms. The van der Waals surface area contributed by atoms with Crippen molar-refractivity contribution in [3.63, 3.8) is 0 Å². The van der Waals surface area contributed by atoms with Gasteiger partial charge in [0.2, 0.25) is 0 Å². The number of imidazole rings is 1. The van der Waals surface area contributed by atoms with E-state index in [9.17, 15) is 13.2 Å². The summed E-state index contributed by atoms with van der Waals surface area (Å²) in [5.74, 6) is -0.185. The quantitative estimate of drug-likeness (QED) is 0.492. The van der Waals surface area contributed by atoms with E-state index in [2.05, 4.69) is 10.1 Å². The average Bonchev–Trinajstić information content (AvgIpc) is 2.71. The van der Waals surface area contributed by atoms with Gasteiger partial charge in [-0.25, -0.2) is 4.98 Å². The summed E-state index contributed by atoms with van der Waals surface area (Å²) in [6.45, 7) is 1.73. The second kappa shape index (κ2) is 6.34. The largest absolute Gasteiger partial charge is 0.411 e. The lowest BCUT2D eigenvalue weighted by Gasteiger charge is -2.11. The van der Waals surface area contributed by atoms with Gasteiger partial charge in [0, 0.05) is 0 Å². The summed E-state index contributed by atoms with van der Waals surface area (Å²) < 4.78 is 39.5. The molecular formula is C13H12Cl2F3N3O. The smallest absolute Gasteiger partial charge is 0.396 e. The molecule has 0 atom stereocenters. The van der Waals surface area contributed by atoms with Crippen LogP contribution in [0.3, 0.4) is 0 Å². The molecule has 0 saturated heterocycles. The third-order valence-corrected chi connectivity index (χ3v) is 3.84. The van der Waals surface area contributed by atoms with Gasteiger partial charge in [0.05, 0.1) is 33.3 Å². The van der Waals surface area contributed by atoms with E-state index in [1.807, 2.05) is 0 Å². The predicted molar refractivity (Wildman–Crippen MR) is 79.0 cm³/mol. The Morgan fingerprint density at radius 2 is 1.95 bits per heavy atom. The van der Waals surface area contributed by atoms with Crippen molar-refractivity contribution < 1.29 is 18.4 Å². The number of alkyl halides is 3. The Morgan fingerprint density at radius 1 is 1.32 bits per heavy atom. The fraction of sp³-hybridized carbons (Fsp3) is 0.385. The molecule has 0 amide bonds. The Balaban J connectivity index is 2.61. The van der Waals surface area contributed by atoms with Crippen LogP contribution in [-0.4, -0.2) is 26.6 Å². The maximum atomic E-state index is 12.7. The zero-order valence-corrected chi connectivity index (χ0v) is 13.0. The molecule has 9 heteroatoms. The Labute approximate surface area is 134 Å². The number of fused-ring (bicyclic) bond motifs is 1. The fourth-order valence-electron chi connectivity index (χ4n) is 2.06. The maximum absolute atomic E-state index is 12.7. The lowest BCUT2D eigenvalue weighted by atomic mass is 10.2. The van der Waals surface area contributed by atoms with Gasteiger partial charge in [-0.15, -0.1) is 0 Å². The number of benzene rings is 1. The van der Waals surface area contributed by atoms with Crippen molar-refractivity contribution in [3.05, 3.63) is 28.0 Å². The van der Waals surface area contributed by atoms with Gasteiger partial charge in [-0.05, 0) is 18.6 Å². The second-order valence-electron chi connectivity index (χ2n) is 4.68. The van der Waals surface area contributed by atoms with Gasteiger partial charge in [0.1, 0.15) is 12.2 Å². The van der Waals surface area contributed by atoms with Crippen LogP contribution in [0.1, 0.15) is 19.2 Å². The number of halogens is 5. The van der Waals surface area contributed by atoms with E-state index in [1.54, 1.807) is 6.92 Å². The minimum absolute atomic E-state index is 0.00707. The number of hydrogen-bond donors (Lipinski definition) is 1. The van der Waals surface area contributed by atoms with E-state index >= 15 is 0 Å². The van der Waals surface area contributed by atoms with Gasteiger partial charge in [0.15, 0.2) is 0 Å². The van der Waals surface area contributed by atoms with Gasteiger partial charge in [-0.2, -0.15) is 13.2 Å². The van der Waals surface area contributed by atoms with Crippen molar-refractivity contribution >= 4 is 39.9 Å². The fourth-order valence-corrected chi connectivity index (χ4v) is 2.37. The van der Waals surface area contributed by atoms with E-state index in [0.29, 0.717) is 23.2 Å². The Kier molecular flexibility index (Phi) is 4.87. The number of rotatable bonds is 4. The molecule has 1 heterocycles. The van der Waals surface area contributed by atoms with Crippen molar-refractivity contribution in [3.8, 4) is 0 Å². The number of nitrogens with zero attached hydrogens (tertiary/aromatic N) is 3. The first-order valence-corrected chi connectivity index (χ1v) is 7.11. The van der Waals surface area contributed by atoms with E-state index in [1.165, 1.54) is 16.7 Å². The Hall–Kier alpha value is -1.47. The van der Waals surface area contributed by atoms with Crippen molar-refractivity contribution in [2.45, 2.75) is 32.5 Å². The molecule has 2 aromatic rings. The molecule has 0 aliphatic carbocycles. The topological polar surface area (TPSA) is 50.4 Å². The molecule has 0 radical (unpaired) electrons. The lowest BCUT2D eigenvalue weighted by molar-refractivity contribution is -0.128. The molecular weight excluding hydrogens is 342 g/mol. The molecule has 2 rings (SSSR count). The van der Waals surface area contributed by atoms with Crippen LogP contribution in [0.25, 0.3) is 11.0 Å². The molecule has 0 bridgehead atoms. The summed E-state index contributed by atoms with van der Waals surface area (Å²) in [5.41, 5.74) is 1.04. The third-order valence-electron chi connectivity index (χ3n) is 3.12. The van der Waals surface area contributed by atoms with Gasteiger partial charge < -0.3 is 9.77 Å². The van der Waals surface area contributed by atoms with Crippen LogP contribution in [0.2, 0.25) is 10.0 Å². The standard InChI is InChI=1S/C13H12Cl2F3N3O/c1-2-7(20-22)6-21-11-4-9(15)8(14)3-10(11)19-12(21)5-13(16,17)18/h3-4,22H,2,5-6H2,1H3/b20-7-. The van der Waals surface area contributed by atoms with Crippen LogP contribution < -0.4 is 0 Å². The molecule has 1 aromatic heterocycles. The van der Waals surface area contributed by atoms with Crippen LogP contribution in [0.15, 0.2) is 17.3 Å². The molecule has 4 nitrogen and oxygen atoms in total. The first kappa shape index (κ1) is 16.9. The molecule has 0 aliphatic heterocycles. The minimum atomic E-state index is -4.41. The number of aromatic nitrogens is 2. The first-order valence-electron chi connectivity index (χ1n) is 6.36. The van der Waals surface area contributed by atoms with Crippen molar-refractivity contribution in [2.24, 2.45) is 5.16 Å². The van der Waals surface area contributed by atoms with Crippen molar-refractivity contribution in [1.82, 2.24) is 9.55 Å². The van der Waals surface area contributed by atoms with Crippen molar-refractivity contribution in [1.29, 1.82) is 0 Å². The van der Waals surface area contributed by atoms with Crippen molar-refractivity contribution in [2.75, 3.05) is 0 Å². The summed E-state index contributed by atoms with van der Waals surface area (Å²) in [4.78, 5) is 3.98. The average molecular weight is 354 g/mol. The van der Waals surface area contributed by atoms with Crippen LogP contribution in [0, 0.1) is 0 Å². The van der Waals surface area contributed by atoms with Gasteiger partial charge in [-0.1, -0.05) is 35.3 Å². The third kappa shape index (κ3) is 3.64. The van der Waals surface area contributed by atoms with E-state index in [-0.39, 0.29) is 22.4 Å². The summed E-state index contributed by atoms with van der Waals surface area (Å²) in [6.07, 6.45) is -5.21. The van der Waals surface area contributed by atoms with Gasteiger partial charge >= 0.3 is 6.18 Å². The highest BCUT2D eigenvalue weighted by Crippen LogP contribution is 2.30. The van der Waals surface area contributed by atoms with E-state index in [0.717, 1.165) is 0 Å². The summed E-state index contributed by atoms with van der Waals surface area (Å²) in [7, 11) is 0. The Bertz CT molecular complexity index is 725. The van der Waals surface area contributed by atoms with Crippen LogP contribution in [0.5, 0.6) is 0 Å². The molecule has 0 saturated carbocycles. The highest BCUT2D eigenvalue weighted by Gasteiger charge is 2.31. The van der Waals surface area contributed by atoms with Crippen LogP contribution in [0.4, 0.5) is 13.2 Å².